The summed E-state index contributed by atoms with van der Waals surface area (Å²) in [6, 6.07) is 0. The molecule has 0 aromatic rings. The zero-order valence-electron chi connectivity index (χ0n) is 9.87. The van der Waals surface area contributed by atoms with E-state index in [1.807, 2.05) is 0 Å². The first-order valence-corrected chi connectivity index (χ1v) is 6.55. The van der Waals surface area contributed by atoms with Crippen LogP contribution < -0.4 is 16.8 Å². The Hall–Kier alpha value is -0.610. The summed E-state index contributed by atoms with van der Waals surface area (Å²) in [4.78, 5) is 0.353. The normalized spacial score (nSPS) is 18.6. The fourth-order valence-electron chi connectivity index (χ4n) is 2.25. The molecule has 4 heteroatoms. The Bertz CT molecular complexity index is 245. The van der Waals surface area contributed by atoms with Crippen LogP contribution in [0.3, 0.4) is 0 Å². The SMILES string of the molecule is NC(=S)C=C(N)CNCCC1CCCCC1. The third kappa shape index (κ3) is 6.08. The molecule has 0 amide bonds. The van der Waals surface area contributed by atoms with E-state index in [4.69, 9.17) is 23.7 Å². The number of hydrogen-bond acceptors (Lipinski definition) is 3. The minimum atomic E-state index is 0.353. The zero-order chi connectivity index (χ0) is 11.8. The van der Waals surface area contributed by atoms with Crippen molar-refractivity contribution in [2.45, 2.75) is 38.5 Å². The molecule has 0 spiro atoms. The van der Waals surface area contributed by atoms with Gasteiger partial charge in [0, 0.05) is 12.2 Å². The third-order valence-electron chi connectivity index (χ3n) is 3.11. The molecule has 0 aliphatic heterocycles. The van der Waals surface area contributed by atoms with Crippen molar-refractivity contribution in [2.24, 2.45) is 17.4 Å². The Kier molecular flexibility index (Phi) is 6.42. The van der Waals surface area contributed by atoms with Gasteiger partial charge in [-0.25, -0.2) is 0 Å². The van der Waals surface area contributed by atoms with E-state index >= 15 is 0 Å². The highest BCUT2D eigenvalue weighted by molar-refractivity contribution is 7.80. The zero-order valence-corrected chi connectivity index (χ0v) is 10.7. The average molecular weight is 241 g/mol. The standard InChI is InChI=1S/C12H23N3S/c13-11(8-12(14)16)9-15-7-6-10-4-2-1-3-5-10/h8,10,15H,1-7,9,13H2,(H2,14,16). The van der Waals surface area contributed by atoms with Gasteiger partial charge in [-0.2, -0.15) is 0 Å². The van der Waals surface area contributed by atoms with Crippen molar-refractivity contribution in [1.82, 2.24) is 5.32 Å². The minimum absolute atomic E-state index is 0.353. The Morgan fingerprint density at radius 3 is 2.56 bits per heavy atom. The largest absolute Gasteiger partial charge is 0.401 e. The predicted molar refractivity (Wildman–Crippen MR) is 73.1 cm³/mol. The lowest BCUT2D eigenvalue weighted by molar-refractivity contribution is 0.335. The van der Waals surface area contributed by atoms with Gasteiger partial charge in [0.2, 0.25) is 0 Å². The molecule has 1 aliphatic carbocycles. The summed E-state index contributed by atoms with van der Waals surface area (Å²) in [6.07, 6.45) is 9.96. The summed E-state index contributed by atoms with van der Waals surface area (Å²) in [6.45, 7) is 1.72. The second-order valence-electron chi connectivity index (χ2n) is 4.59. The van der Waals surface area contributed by atoms with Crippen LogP contribution in [0.25, 0.3) is 0 Å². The van der Waals surface area contributed by atoms with Crippen molar-refractivity contribution < 1.29 is 0 Å². The molecule has 0 aromatic carbocycles. The molecule has 3 nitrogen and oxygen atoms in total. The number of nitrogens with one attached hydrogen (secondary N) is 1. The van der Waals surface area contributed by atoms with Gasteiger partial charge in [-0.1, -0.05) is 44.3 Å². The summed E-state index contributed by atoms with van der Waals surface area (Å²) in [5.74, 6) is 0.919. The molecule has 1 aliphatic rings. The van der Waals surface area contributed by atoms with Crippen LogP contribution >= 0.6 is 12.2 Å². The first-order valence-electron chi connectivity index (χ1n) is 6.14. The van der Waals surface area contributed by atoms with Crippen molar-refractivity contribution in [1.29, 1.82) is 0 Å². The van der Waals surface area contributed by atoms with Crippen molar-refractivity contribution >= 4 is 17.2 Å². The van der Waals surface area contributed by atoms with E-state index < -0.39 is 0 Å². The molecule has 0 aromatic heterocycles. The summed E-state index contributed by atoms with van der Waals surface area (Å²) < 4.78 is 0. The van der Waals surface area contributed by atoms with Gasteiger partial charge in [0.05, 0.1) is 4.99 Å². The highest BCUT2D eigenvalue weighted by atomic mass is 32.1. The first-order chi connectivity index (χ1) is 7.68. The van der Waals surface area contributed by atoms with Crippen molar-refractivity contribution in [3.05, 3.63) is 11.8 Å². The van der Waals surface area contributed by atoms with E-state index in [-0.39, 0.29) is 0 Å². The maximum atomic E-state index is 5.72. The second kappa shape index (κ2) is 7.63. The fourth-order valence-corrected chi connectivity index (χ4v) is 2.40. The topological polar surface area (TPSA) is 64.1 Å². The van der Waals surface area contributed by atoms with Crippen LogP contribution in [-0.2, 0) is 0 Å². The average Bonchev–Trinajstić information content (AvgIpc) is 2.25. The van der Waals surface area contributed by atoms with Gasteiger partial charge >= 0.3 is 0 Å². The summed E-state index contributed by atoms with van der Waals surface area (Å²) in [7, 11) is 0. The van der Waals surface area contributed by atoms with Crippen molar-refractivity contribution in [2.75, 3.05) is 13.1 Å². The van der Waals surface area contributed by atoms with Crippen LogP contribution in [0, 0.1) is 5.92 Å². The molecule has 0 bridgehead atoms. The van der Waals surface area contributed by atoms with Crippen LogP contribution in [0.5, 0.6) is 0 Å². The van der Waals surface area contributed by atoms with E-state index in [2.05, 4.69) is 5.32 Å². The lowest BCUT2D eigenvalue weighted by atomic mass is 9.87. The van der Waals surface area contributed by atoms with Crippen molar-refractivity contribution in [3.8, 4) is 0 Å². The molecule has 0 unspecified atom stereocenters. The molecular formula is C12H23N3S. The summed E-state index contributed by atoms with van der Waals surface area (Å²) in [5, 5.41) is 3.33. The number of nitrogens with two attached hydrogens (primary N) is 2. The molecule has 1 saturated carbocycles. The summed E-state index contributed by atoms with van der Waals surface area (Å²) >= 11 is 4.75. The van der Waals surface area contributed by atoms with Gasteiger partial charge < -0.3 is 16.8 Å². The second-order valence-corrected chi connectivity index (χ2v) is 5.06. The van der Waals surface area contributed by atoms with Crippen LogP contribution in [0.2, 0.25) is 0 Å². The van der Waals surface area contributed by atoms with Gasteiger partial charge in [0.1, 0.15) is 0 Å². The van der Waals surface area contributed by atoms with Crippen LogP contribution in [0.15, 0.2) is 11.8 Å². The van der Waals surface area contributed by atoms with E-state index in [1.54, 1.807) is 6.08 Å². The van der Waals surface area contributed by atoms with E-state index in [9.17, 15) is 0 Å². The van der Waals surface area contributed by atoms with Crippen LogP contribution in [-0.4, -0.2) is 18.1 Å². The summed E-state index contributed by atoms with van der Waals surface area (Å²) in [5.41, 5.74) is 11.8. The molecular weight excluding hydrogens is 218 g/mol. The highest BCUT2D eigenvalue weighted by Crippen LogP contribution is 2.25. The van der Waals surface area contributed by atoms with Gasteiger partial charge in [0.15, 0.2) is 0 Å². The van der Waals surface area contributed by atoms with E-state index in [0.717, 1.165) is 18.2 Å². The third-order valence-corrected chi connectivity index (χ3v) is 3.23. The monoisotopic (exact) mass is 241 g/mol. The van der Waals surface area contributed by atoms with Gasteiger partial charge in [0.25, 0.3) is 0 Å². The Morgan fingerprint density at radius 1 is 1.25 bits per heavy atom. The molecule has 5 N–H and O–H groups in total. The van der Waals surface area contributed by atoms with Crippen LogP contribution in [0.4, 0.5) is 0 Å². The smallest absolute Gasteiger partial charge is 0.0979 e. The molecule has 0 atom stereocenters. The van der Waals surface area contributed by atoms with E-state index in [0.29, 0.717) is 11.5 Å². The molecule has 0 saturated heterocycles. The maximum absolute atomic E-state index is 5.72. The maximum Gasteiger partial charge on any atom is 0.0979 e. The first kappa shape index (κ1) is 13.5. The van der Waals surface area contributed by atoms with Gasteiger partial charge in [-0.3, -0.25) is 0 Å². The number of hydrogen-bond donors (Lipinski definition) is 3. The molecule has 16 heavy (non-hydrogen) atoms. The molecule has 92 valence electrons. The number of thiocarbonyl (C=S) groups is 1. The molecule has 0 radical (unpaired) electrons. The predicted octanol–water partition coefficient (Wildman–Crippen LogP) is 1.68. The number of rotatable bonds is 6. The minimum Gasteiger partial charge on any atom is -0.401 e. The molecule has 1 rings (SSSR count). The lowest BCUT2D eigenvalue weighted by Gasteiger charge is -2.21. The molecule has 0 heterocycles. The Balaban J connectivity index is 2.04. The Morgan fingerprint density at radius 2 is 1.94 bits per heavy atom. The lowest BCUT2D eigenvalue weighted by Crippen LogP contribution is -2.25. The van der Waals surface area contributed by atoms with Crippen molar-refractivity contribution in [3.63, 3.8) is 0 Å². The Labute approximate surface area is 104 Å². The van der Waals surface area contributed by atoms with E-state index in [1.165, 1.54) is 38.5 Å². The quantitative estimate of drug-likeness (QED) is 0.376. The van der Waals surface area contributed by atoms with Gasteiger partial charge in [-0.05, 0) is 25.0 Å². The van der Waals surface area contributed by atoms with Gasteiger partial charge in [-0.15, -0.1) is 0 Å². The van der Waals surface area contributed by atoms with Crippen LogP contribution in [0.1, 0.15) is 38.5 Å². The molecule has 1 fully saturated rings. The highest BCUT2D eigenvalue weighted by Gasteiger charge is 2.12. The fraction of sp³-hybridized carbons (Fsp3) is 0.750.